The first-order valence-corrected chi connectivity index (χ1v) is 7.75. The zero-order chi connectivity index (χ0) is 15.4. The lowest BCUT2D eigenvalue weighted by atomic mass is 9.81. The topological polar surface area (TPSA) is 44.7 Å². The summed E-state index contributed by atoms with van der Waals surface area (Å²) >= 11 is 0. The van der Waals surface area contributed by atoms with Crippen molar-refractivity contribution < 1.29 is 9.84 Å². The van der Waals surface area contributed by atoms with Crippen LogP contribution in [0.5, 0.6) is 0 Å². The van der Waals surface area contributed by atoms with Gasteiger partial charge in [0.15, 0.2) is 0 Å². The van der Waals surface area contributed by atoms with Crippen LogP contribution in [0.1, 0.15) is 47.5 Å². The molecule has 0 aromatic rings. The quantitative estimate of drug-likeness (QED) is 0.782. The van der Waals surface area contributed by atoms with Crippen molar-refractivity contribution in [2.45, 2.75) is 58.6 Å². The summed E-state index contributed by atoms with van der Waals surface area (Å²) in [7, 11) is 2.09. The van der Waals surface area contributed by atoms with Crippen LogP contribution in [-0.4, -0.2) is 61.0 Å². The second-order valence-electron chi connectivity index (χ2n) is 8.24. The highest BCUT2D eigenvalue weighted by Crippen LogP contribution is 2.30. The van der Waals surface area contributed by atoms with E-state index in [1.165, 1.54) is 6.42 Å². The third-order valence-corrected chi connectivity index (χ3v) is 3.66. The second-order valence-corrected chi connectivity index (χ2v) is 8.24. The van der Waals surface area contributed by atoms with Gasteiger partial charge in [-0.15, -0.1) is 0 Å². The SMILES string of the molecule is CN(CC(C)(C)O)CC1(CNC(C)(C)C)CCCOC1. The van der Waals surface area contributed by atoms with Crippen molar-refractivity contribution in [3.63, 3.8) is 0 Å². The van der Waals surface area contributed by atoms with Crippen LogP contribution in [0, 0.1) is 5.41 Å². The van der Waals surface area contributed by atoms with Gasteiger partial charge in [-0.1, -0.05) is 0 Å². The van der Waals surface area contributed by atoms with E-state index in [0.29, 0.717) is 6.54 Å². The number of nitrogens with zero attached hydrogens (tertiary/aromatic N) is 1. The van der Waals surface area contributed by atoms with E-state index in [-0.39, 0.29) is 11.0 Å². The van der Waals surface area contributed by atoms with Crippen molar-refractivity contribution in [2.75, 3.05) is 39.9 Å². The smallest absolute Gasteiger partial charge is 0.0718 e. The Morgan fingerprint density at radius 2 is 1.90 bits per heavy atom. The van der Waals surface area contributed by atoms with Crippen LogP contribution in [-0.2, 0) is 4.74 Å². The number of nitrogens with one attached hydrogen (secondary N) is 1. The van der Waals surface area contributed by atoms with Gasteiger partial charge in [0.2, 0.25) is 0 Å². The molecule has 0 aliphatic carbocycles. The Kier molecular flexibility index (Phi) is 6.02. The van der Waals surface area contributed by atoms with Gasteiger partial charge in [-0.05, 0) is 54.5 Å². The molecule has 0 saturated carbocycles. The molecule has 0 aromatic carbocycles. The Labute approximate surface area is 124 Å². The lowest BCUT2D eigenvalue weighted by Crippen LogP contribution is -2.53. The largest absolute Gasteiger partial charge is 0.389 e. The molecule has 1 atom stereocenters. The molecule has 0 aromatic heterocycles. The number of ether oxygens (including phenoxy) is 1. The van der Waals surface area contributed by atoms with Gasteiger partial charge in [-0.25, -0.2) is 0 Å². The molecule has 1 fully saturated rings. The normalized spacial score (nSPS) is 25.2. The van der Waals surface area contributed by atoms with E-state index in [1.807, 2.05) is 13.8 Å². The number of aliphatic hydroxyl groups is 1. The summed E-state index contributed by atoms with van der Waals surface area (Å²) in [6, 6.07) is 0. The van der Waals surface area contributed by atoms with Crippen molar-refractivity contribution in [1.29, 1.82) is 0 Å². The number of likely N-dealkylation sites (N-methyl/N-ethyl adjacent to an activating group) is 1. The summed E-state index contributed by atoms with van der Waals surface area (Å²) in [5.74, 6) is 0. The van der Waals surface area contributed by atoms with Crippen LogP contribution in [0.25, 0.3) is 0 Å². The van der Waals surface area contributed by atoms with E-state index < -0.39 is 5.60 Å². The predicted octanol–water partition coefficient (Wildman–Crippen LogP) is 1.87. The summed E-state index contributed by atoms with van der Waals surface area (Å²) in [5, 5.41) is 13.6. The lowest BCUT2D eigenvalue weighted by molar-refractivity contribution is -0.0375. The van der Waals surface area contributed by atoms with E-state index in [0.717, 1.165) is 32.7 Å². The number of hydrogen-bond donors (Lipinski definition) is 2. The molecule has 1 saturated heterocycles. The zero-order valence-corrected chi connectivity index (χ0v) is 14.3. The molecule has 2 N–H and O–H groups in total. The second kappa shape index (κ2) is 6.73. The summed E-state index contributed by atoms with van der Waals surface area (Å²) in [6.45, 7) is 14.6. The van der Waals surface area contributed by atoms with Crippen molar-refractivity contribution >= 4 is 0 Å². The molecule has 0 bridgehead atoms. The molecule has 120 valence electrons. The van der Waals surface area contributed by atoms with Crippen molar-refractivity contribution in [3.8, 4) is 0 Å². The third-order valence-electron chi connectivity index (χ3n) is 3.66. The standard InChI is InChI=1S/C16H34N2O2/c1-14(2,3)17-10-16(8-7-9-20-13-16)12-18(6)11-15(4,5)19/h17,19H,7-13H2,1-6H3. The molecule has 4 heteroatoms. The highest BCUT2D eigenvalue weighted by atomic mass is 16.5. The average molecular weight is 286 g/mol. The van der Waals surface area contributed by atoms with Crippen molar-refractivity contribution in [1.82, 2.24) is 10.2 Å². The molecule has 1 aliphatic rings. The van der Waals surface area contributed by atoms with Crippen LogP contribution >= 0.6 is 0 Å². The van der Waals surface area contributed by atoms with E-state index in [1.54, 1.807) is 0 Å². The molecule has 0 radical (unpaired) electrons. The molecular weight excluding hydrogens is 252 g/mol. The Morgan fingerprint density at radius 3 is 2.35 bits per heavy atom. The van der Waals surface area contributed by atoms with Crippen LogP contribution in [0.4, 0.5) is 0 Å². The molecule has 20 heavy (non-hydrogen) atoms. The van der Waals surface area contributed by atoms with E-state index >= 15 is 0 Å². The number of hydrogen-bond acceptors (Lipinski definition) is 4. The molecule has 0 spiro atoms. The third kappa shape index (κ3) is 7.02. The van der Waals surface area contributed by atoms with Gasteiger partial charge in [-0.3, -0.25) is 0 Å². The van der Waals surface area contributed by atoms with Crippen molar-refractivity contribution in [2.24, 2.45) is 5.41 Å². The fourth-order valence-corrected chi connectivity index (χ4v) is 2.97. The van der Waals surface area contributed by atoms with Gasteiger partial charge >= 0.3 is 0 Å². The lowest BCUT2D eigenvalue weighted by Gasteiger charge is -2.42. The molecule has 1 aliphatic heterocycles. The molecule has 1 unspecified atom stereocenters. The van der Waals surface area contributed by atoms with Crippen LogP contribution in [0.15, 0.2) is 0 Å². The van der Waals surface area contributed by atoms with Crippen molar-refractivity contribution in [3.05, 3.63) is 0 Å². The van der Waals surface area contributed by atoms with Gasteiger partial charge in [0, 0.05) is 37.2 Å². The highest BCUT2D eigenvalue weighted by Gasteiger charge is 2.35. The van der Waals surface area contributed by atoms with Crippen LogP contribution in [0.2, 0.25) is 0 Å². The van der Waals surface area contributed by atoms with Gasteiger partial charge in [-0.2, -0.15) is 0 Å². The number of rotatable bonds is 6. The van der Waals surface area contributed by atoms with E-state index in [4.69, 9.17) is 4.74 Å². The minimum Gasteiger partial charge on any atom is -0.389 e. The maximum atomic E-state index is 9.97. The van der Waals surface area contributed by atoms with Gasteiger partial charge in [0.25, 0.3) is 0 Å². The monoisotopic (exact) mass is 286 g/mol. The van der Waals surface area contributed by atoms with Crippen LogP contribution in [0.3, 0.4) is 0 Å². The summed E-state index contributed by atoms with van der Waals surface area (Å²) in [5.41, 5.74) is -0.367. The molecule has 1 heterocycles. The van der Waals surface area contributed by atoms with Gasteiger partial charge < -0.3 is 20.1 Å². The first-order chi connectivity index (χ1) is 9.02. The first kappa shape index (κ1) is 17.9. The minimum absolute atomic E-state index is 0.124. The molecule has 4 nitrogen and oxygen atoms in total. The predicted molar refractivity (Wildman–Crippen MR) is 84.0 cm³/mol. The minimum atomic E-state index is -0.650. The average Bonchev–Trinajstić information content (AvgIpc) is 2.24. The first-order valence-electron chi connectivity index (χ1n) is 7.75. The fraction of sp³-hybridized carbons (Fsp3) is 1.00. The van der Waals surface area contributed by atoms with Gasteiger partial charge in [0.1, 0.15) is 0 Å². The Hall–Kier alpha value is -0.160. The summed E-state index contributed by atoms with van der Waals surface area (Å²) < 4.78 is 5.75. The van der Waals surface area contributed by atoms with E-state index in [9.17, 15) is 5.11 Å². The zero-order valence-electron chi connectivity index (χ0n) is 14.3. The molecule has 0 amide bonds. The fourth-order valence-electron chi connectivity index (χ4n) is 2.97. The molecular formula is C16H34N2O2. The van der Waals surface area contributed by atoms with Crippen LogP contribution < -0.4 is 5.32 Å². The molecule has 1 rings (SSSR count). The Bertz CT molecular complexity index is 286. The Balaban J connectivity index is 2.63. The summed E-state index contributed by atoms with van der Waals surface area (Å²) in [4.78, 5) is 2.24. The summed E-state index contributed by atoms with van der Waals surface area (Å²) in [6.07, 6.45) is 2.31. The van der Waals surface area contributed by atoms with Gasteiger partial charge in [0.05, 0.1) is 12.2 Å². The highest BCUT2D eigenvalue weighted by molar-refractivity contribution is 4.89. The van der Waals surface area contributed by atoms with E-state index in [2.05, 4.69) is 38.0 Å². The maximum absolute atomic E-state index is 9.97. The Morgan fingerprint density at radius 1 is 1.25 bits per heavy atom. The maximum Gasteiger partial charge on any atom is 0.0718 e.